The summed E-state index contributed by atoms with van der Waals surface area (Å²) in [4.78, 5) is 14.4. The molecular formula is C16H19ClN2O. The van der Waals surface area contributed by atoms with Crippen LogP contribution in [0.3, 0.4) is 0 Å². The highest BCUT2D eigenvalue weighted by Crippen LogP contribution is 2.15. The topological polar surface area (TPSA) is 25.2 Å². The number of carbonyl (C=O) groups excluding carboxylic acids is 1. The Hall–Kier alpha value is -1.74. The Kier molecular flexibility index (Phi) is 4.85. The third-order valence-corrected chi connectivity index (χ3v) is 3.49. The fourth-order valence-corrected chi connectivity index (χ4v) is 2.37. The maximum atomic E-state index is 12.6. The van der Waals surface area contributed by atoms with E-state index in [0.717, 1.165) is 18.7 Å². The van der Waals surface area contributed by atoms with E-state index in [1.54, 1.807) is 12.1 Å². The number of hydrogen-bond donors (Lipinski definition) is 0. The second kappa shape index (κ2) is 6.62. The lowest BCUT2D eigenvalue weighted by molar-refractivity contribution is 0.0740. The van der Waals surface area contributed by atoms with Gasteiger partial charge in [-0.05, 0) is 36.8 Å². The first-order valence-corrected chi connectivity index (χ1v) is 7.14. The molecule has 0 aliphatic rings. The van der Waals surface area contributed by atoms with Crippen LogP contribution < -0.4 is 0 Å². The fourth-order valence-electron chi connectivity index (χ4n) is 2.18. The normalized spacial score (nSPS) is 10.6. The van der Waals surface area contributed by atoms with Gasteiger partial charge in [-0.2, -0.15) is 0 Å². The van der Waals surface area contributed by atoms with Gasteiger partial charge < -0.3 is 9.47 Å². The van der Waals surface area contributed by atoms with Crippen molar-refractivity contribution in [1.82, 2.24) is 9.47 Å². The van der Waals surface area contributed by atoms with E-state index in [9.17, 15) is 4.79 Å². The minimum atomic E-state index is 0.0237. The first kappa shape index (κ1) is 14.7. The molecule has 3 nitrogen and oxygen atoms in total. The Morgan fingerprint density at radius 3 is 2.70 bits per heavy atom. The maximum absolute atomic E-state index is 12.6. The van der Waals surface area contributed by atoms with Gasteiger partial charge >= 0.3 is 0 Å². The van der Waals surface area contributed by atoms with Crippen molar-refractivity contribution in [3.63, 3.8) is 0 Å². The van der Waals surface area contributed by atoms with E-state index in [1.807, 2.05) is 47.0 Å². The van der Waals surface area contributed by atoms with Crippen LogP contribution in [0.5, 0.6) is 0 Å². The van der Waals surface area contributed by atoms with Crippen molar-refractivity contribution in [2.24, 2.45) is 7.05 Å². The van der Waals surface area contributed by atoms with Gasteiger partial charge in [-0.25, -0.2) is 0 Å². The molecule has 1 aromatic carbocycles. The number of carbonyl (C=O) groups is 1. The van der Waals surface area contributed by atoms with E-state index in [1.165, 1.54) is 0 Å². The Morgan fingerprint density at radius 2 is 2.10 bits per heavy atom. The predicted octanol–water partition coefficient (Wildman–Crippen LogP) is 3.73. The Labute approximate surface area is 124 Å². The maximum Gasteiger partial charge on any atom is 0.254 e. The summed E-state index contributed by atoms with van der Waals surface area (Å²) in [5.74, 6) is 0.0237. The third-order valence-electron chi connectivity index (χ3n) is 3.26. The summed E-state index contributed by atoms with van der Waals surface area (Å²) in [6.45, 7) is 3.42. The van der Waals surface area contributed by atoms with E-state index >= 15 is 0 Å². The highest BCUT2D eigenvalue weighted by atomic mass is 35.5. The number of aryl methyl sites for hydroxylation is 1. The average Bonchev–Trinajstić information content (AvgIpc) is 2.83. The molecule has 0 saturated heterocycles. The largest absolute Gasteiger partial charge is 0.353 e. The quantitative estimate of drug-likeness (QED) is 0.824. The second-order valence-electron chi connectivity index (χ2n) is 4.85. The molecule has 0 bridgehead atoms. The minimum Gasteiger partial charge on any atom is -0.353 e. The van der Waals surface area contributed by atoms with Gasteiger partial charge in [0.1, 0.15) is 0 Å². The van der Waals surface area contributed by atoms with Crippen molar-refractivity contribution in [3.05, 3.63) is 58.9 Å². The van der Waals surface area contributed by atoms with E-state index in [-0.39, 0.29) is 5.91 Å². The van der Waals surface area contributed by atoms with Crippen molar-refractivity contribution in [2.75, 3.05) is 6.54 Å². The van der Waals surface area contributed by atoms with Crippen LogP contribution in [0, 0.1) is 0 Å². The summed E-state index contributed by atoms with van der Waals surface area (Å²) < 4.78 is 2.04. The van der Waals surface area contributed by atoms with Crippen molar-refractivity contribution in [1.29, 1.82) is 0 Å². The molecule has 1 aromatic heterocycles. The molecule has 4 heteroatoms. The molecule has 0 unspecified atom stereocenters. The van der Waals surface area contributed by atoms with Crippen LogP contribution in [0.15, 0.2) is 42.6 Å². The molecule has 106 valence electrons. The molecule has 1 heterocycles. The Balaban J connectivity index is 2.20. The number of nitrogens with zero attached hydrogens (tertiary/aromatic N) is 2. The third kappa shape index (κ3) is 3.42. The Morgan fingerprint density at radius 1 is 1.30 bits per heavy atom. The zero-order valence-electron chi connectivity index (χ0n) is 11.8. The van der Waals surface area contributed by atoms with Gasteiger partial charge in [0.15, 0.2) is 0 Å². The van der Waals surface area contributed by atoms with Crippen LogP contribution >= 0.6 is 11.6 Å². The lowest BCUT2D eigenvalue weighted by atomic mass is 10.2. The lowest BCUT2D eigenvalue weighted by Crippen LogP contribution is -2.32. The summed E-state index contributed by atoms with van der Waals surface area (Å²) in [6, 6.07) is 11.1. The molecule has 0 fully saturated rings. The van der Waals surface area contributed by atoms with Crippen LogP contribution in [-0.4, -0.2) is 21.9 Å². The molecule has 1 amide bonds. The van der Waals surface area contributed by atoms with Crippen LogP contribution in [0.1, 0.15) is 29.4 Å². The van der Waals surface area contributed by atoms with Crippen LogP contribution in [-0.2, 0) is 13.6 Å². The van der Waals surface area contributed by atoms with E-state index in [2.05, 4.69) is 6.92 Å². The number of rotatable bonds is 5. The van der Waals surface area contributed by atoms with Crippen LogP contribution in [0.25, 0.3) is 0 Å². The fraction of sp³-hybridized carbons (Fsp3) is 0.312. The predicted molar refractivity (Wildman–Crippen MR) is 81.9 cm³/mol. The zero-order valence-corrected chi connectivity index (χ0v) is 12.6. The van der Waals surface area contributed by atoms with Crippen LogP contribution in [0.4, 0.5) is 0 Å². The molecule has 20 heavy (non-hydrogen) atoms. The second-order valence-corrected chi connectivity index (χ2v) is 5.28. The highest BCUT2D eigenvalue weighted by Gasteiger charge is 2.16. The van der Waals surface area contributed by atoms with Gasteiger partial charge in [0, 0.05) is 36.1 Å². The SMILES string of the molecule is CCCN(Cc1cccn1C)C(=O)c1cccc(Cl)c1. The summed E-state index contributed by atoms with van der Waals surface area (Å²) >= 11 is 5.96. The summed E-state index contributed by atoms with van der Waals surface area (Å²) in [7, 11) is 1.99. The number of aromatic nitrogens is 1. The highest BCUT2D eigenvalue weighted by molar-refractivity contribution is 6.30. The molecule has 2 rings (SSSR count). The van der Waals surface area contributed by atoms with Gasteiger partial charge in [-0.1, -0.05) is 24.6 Å². The first-order valence-electron chi connectivity index (χ1n) is 6.77. The van der Waals surface area contributed by atoms with Gasteiger partial charge in [0.25, 0.3) is 5.91 Å². The molecule has 0 radical (unpaired) electrons. The molecule has 0 aliphatic carbocycles. The van der Waals surface area contributed by atoms with E-state index in [4.69, 9.17) is 11.6 Å². The summed E-state index contributed by atoms with van der Waals surface area (Å²) in [6.07, 6.45) is 2.92. The monoisotopic (exact) mass is 290 g/mol. The summed E-state index contributed by atoms with van der Waals surface area (Å²) in [5, 5.41) is 0.589. The van der Waals surface area contributed by atoms with Crippen LogP contribution in [0.2, 0.25) is 5.02 Å². The molecule has 0 atom stereocenters. The number of hydrogen-bond acceptors (Lipinski definition) is 1. The van der Waals surface area contributed by atoms with Gasteiger partial charge in [0.05, 0.1) is 6.54 Å². The van der Waals surface area contributed by atoms with Crippen molar-refractivity contribution < 1.29 is 4.79 Å². The average molecular weight is 291 g/mol. The van der Waals surface area contributed by atoms with Crippen molar-refractivity contribution in [2.45, 2.75) is 19.9 Å². The molecule has 2 aromatic rings. The van der Waals surface area contributed by atoms with Crippen molar-refractivity contribution in [3.8, 4) is 0 Å². The van der Waals surface area contributed by atoms with E-state index < -0.39 is 0 Å². The molecule has 0 aliphatic heterocycles. The lowest BCUT2D eigenvalue weighted by Gasteiger charge is -2.22. The Bertz CT molecular complexity index is 592. The number of halogens is 1. The summed E-state index contributed by atoms with van der Waals surface area (Å²) in [5.41, 5.74) is 1.76. The van der Waals surface area contributed by atoms with Crippen molar-refractivity contribution >= 4 is 17.5 Å². The number of amides is 1. The zero-order chi connectivity index (χ0) is 14.5. The number of benzene rings is 1. The molecule has 0 spiro atoms. The first-order chi connectivity index (χ1) is 9.61. The molecule has 0 saturated carbocycles. The van der Waals surface area contributed by atoms with E-state index in [0.29, 0.717) is 17.1 Å². The molecule has 0 N–H and O–H groups in total. The minimum absolute atomic E-state index is 0.0237. The van der Waals surface area contributed by atoms with Gasteiger partial charge in [0.2, 0.25) is 0 Å². The smallest absolute Gasteiger partial charge is 0.254 e. The molecular weight excluding hydrogens is 272 g/mol. The van der Waals surface area contributed by atoms with Gasteiger partial charge in [-0.3, -0.25) is 4.79 Å². The standard InChI is InChI=1S/C16H19ClN2O/c1-3-9-19(12-15-8-5-10-18(15)2)16(20)13-6-4-7-14(17)11-13/h4-8,10-11H,3,9,12H2,1-2H3. The van der Waals surface area contributed by atoms with Gasteiger partial charge in [-0.15, -0.1) is 0 Å².